The molecular weight excluding hydrogens is 438 g/mol. The summed E-state index contributed by atoms with van der Waals surface area (Å²) in [6, 6.07) is 14.1. The lowest BCUT2D eigenvalue weighted by molar-refractivity contribution is -0.384. The number of morpholine rings is 1. The van der Waals surface area contributed by atoms with Crippen LogP contribution in [0.1, 0.15) is 35.3 Å². The Labute approximate surface area is 195 Å². The maximum Gasteiger partial charge on any atom is 0.269 e. The number of amides is 2. The van der Waals surface area contributed by atoms with Crippen LogP contribution in [0.3, 0.4) is 0 Å². The van der Waals surface area contributed by atoms with Gasteiger partial charge in [0.15, 0.2) is 0 Å². The number of hydrogen-bond donors (Lipinski definition) is 1. The van der Waals surface area contributed by atoms with Gasteiger partial charge in [-0.25, -0.2) is 4.99 Å². The number of amidine groups is 1. The third kappa shape index (κ3) is 4.42. The zero-order chi connectivity index (χ0) is 24.4. The second-order valence-electron chi connectivity index (χ2n) is 8.07. The Hall–Kier alpha value is -4.36. The number of fused-ring (bicyclic) bond motifs is 1. The molecule has 2 heterocycles. The molecule has 1 fully saturated rings. The lowest BCUT2D eigenvalue weighted by Gasteiger charge is -2.35. The summed E-state index contributed by atoms with van der Waals surface area (Å²) in [6.07, 6.45) is -0.317. The van der Waals surface area contributed by atoms with Gasteiger partial charge in [-0.05, 0) is 26.0 Å². The highest BCUT2D eigenvalue weighted by atomic mass is 16.6. The number of non-ortho nitro benzene ring substituents is 1. The Bertz CT molecular complexity index is 1270. The third-order valence-corrected chi connectivity index (χ3v) is 5.50. The monoisotopic (exact) mass is 459 g/mol. The Morgan fingerprint density at radius 3 is 2.32 bits per heavy atom. The molecule has 0 spiro atoms. The minimum absolute atomic E-state index is 0.117. The van der Waals surface area contributed by atoms with E-state index in [1.54, 1.807) is 29.2 Å². The molecule has 0 aliphatic carbocycles. The number of hydrogen-bond acceptors (Lipinski definition) is 7. The fraction of sp³-hybridized carbons (Fsp3) is 0.250. The van der Waals surface area contributed by atoms with Gasteiger partial charge in [-0.1, -0.05) is 24.3 Å². The number of carbonyl (C=O) groups excluding carboxylic acids is 2. The van der Waals surface area contributed by atoms with E-state index in [-0.39, 0.29) is 40.6 Å². The minimum atomic E-state index is -0.549. The molecule has 0 aromatic heterocycles. The maximum atomic E-state index is 13.2. The predicted octanol–water partition coefficient (Wildman–Crippen LogP) is 2.66. The molecule has 2 aliphatic rings. The SMILES string of the molecule is CC1CN(C(=O)C(C#N)=C2N=C(NC(=O)c3ccc([N+](=O)[O-])cc3)c3ccccc32)CC(C)O1. The van der Waals surface area contributed by atoms with Crippen LogP contribution in [0.5, 0.6) is 0 Å². The number of nitriles is 1. The molecule has 10 nitrogen and oxygen atoms in total. The lowest BCUT2D eigenvalue weighted by Crippen LogP contribution is -2.48. The molecule has 2 atom stereocenters. The van der Waals surface area contributed by atoms with E-state index in [1.807, 2.05) is 19.9 Å². The molecule has 2 amide bonds. The first-order valence-electron chi connectivity index (χ1n) is 10.6. The summed E-state index contributed by atoms with van der Waals surface area (Å²) < 4.78 is 5.68. The number of nitro groups is 1. The van der Waals surface area contributed by atoms with Crippen molar-refractivity contribution < 1.29 is 19.2 Å². The normalized spacial score (nSPS) is 20.6. The molecule has 34 heavy (non-hydrogen) atoms. The average molecular weight is 459 g/mol. The molecule has 2 aromatic rings. The van der Waals surface area contributed by atoms with Gasteiger partial charge < -0.3 is 15.0 Å². The van der Waals surface area contributed by atoms with Gasteiger partial charge >= 0.3 is 0 Å². The fourth-order valence-electron chi connectivity index (χ4n) is 4.03. The summed E-state index contributed by atoms with van der Waals surface area (Å²) in [4.78, 5) is 42.3. The maximum absolute atomic E-state index is 13.2. The predicted molar refractivity (Wildman–Crippen MR) is 123 cm³/mol. The van der Waals surface area contributed by atoms with Crippen molar-refractivity contribution >= 4 is 29.0 Å². The van der Waals surface area contributed by atoms with Crippen LogP contribution >= 0.6 is 0 Å². The number of carbonyl (C=O) groups is 2. The molecule has 2 aliphatic heterocycles. The van der Waals surface area contributed by atoms with Gasteiger partial charge in [-0.15, -0.1) is 0 Å². The summed E-state index contributed by atoms with van der Waals surface area (Å²) in [7, 11) is 0. The quantitative estimate of drug-likeness (QED) is 0.324. The summed E-state index contributed by atoms with van der Waals surface area (Å²) in [5.74, 6) is -0.774. The molecule has 0 radical (unpaired) electrons. The Morgan fingerprint density at radius 1 is 1.12 bits per heavy atom. The molecule has 4 rings (SSSR count). The molecule has 10 heteroatoms. The summed E-state index contributed by atoms with van der Waals surface area (Å²) in [5.41, 5.74) is 1.27. The van der Waals surface area contributed by atoms with Crippen molar-refractivity contribution in [1.82, 2.24) is 10.2 Å². The Morgan fingerprint density at radius 2 is 1.74 bits per heavy atom. The van der Waals surface area contributed by atoms with E-state index in [9.17, 15) is 25.0 Å². The van der Waals surface area contributed by atoms with Crippen molar-refractivity contribution in [1.29, 1.82) is 5.26 Å². The van der Waals surface area contributed by atoms with E-state index in [0.717, 1.165) is 0 Å². The van der Waals surface area contributed by atoms with Crippen LogP contribution in [0.4, 0.5) is 5.69 Å². The Balaban J connectivity index is 1.67. The van der Waals surface area contributed by atoms with E-state index >= 15 is 0 Å². The lowest BCUT2D eigenvalue weighted by atomic mass is 10.0. The van der Waals surface area contributed by atoms with E-state index < -0.39 is 16.7 Å². The van der Waals surface area contributed by atoms with Crippen molar-refractivity contribution in [3.05, 3.63) is 80.9 Å². The first kappa shape index (κ1) is 22.8. The Kier molecular flexibility index (Phi) is 6.21. The second-order valence-corrected chi connectivity index (χ2v) is 8.07. The first-order chi connectivity index (χ1) is 16.3. The number of nitro benzene ring substituents is 1. The van der Waals surface area contributed by atoms with Gasteiger partial charge in [0.25, 0.3) is 17.5 Å². The van der Waals surface area contributed by atoms with Crippen LogP contribution in [0.25, 0.3) is 5.70 Å². The van der Waals surface area contributed by atoms with E-state index in [4.69, 9.17) is 4.74 Å². The van der Waals surface area contributed by atoms with Gasteiger partial charge in [0.05, 0.1) is 22.8 Å². The molecule has 1 saturated heterocycles. The van der Waals surface area contributed by atoms with Crippen molar-refractivity contribution in [2.75, 3.05) is 13.1 Å². The van der Waals surface area contributed by atoms with Crippen molar-refractivity contribution in [2.45, 2.75) is 26.1 Å². The number of nitrogens with zero attached hydrogens (tertiary/aromatic N) is 4. The van der Waals surface area contributed by atoms with Crippen molar-refractivity contribution in [3.63, 3.8) is 0 Å². The first-order valence-corrected chi connectivity index (χ1v) is 10.6. The molecule has 172 valence electrons. The summed E-state index contributed by atoms with van der Waals surface area (Å²) in [5, 5.41) is 23.4. The van der Waals surface area contributed by atoms with Gasteiger partial charge in [0.2, 0.25) is 0 Å². The highest BCUT2D eigenvalue weighted by Crippen LogP contribution is 2.31. The van der Waals surface area contributed by atoms with Gasteiger partial charge in [0, 0.05) is 41.9 Å². The number of benzene rings is 2. The van der Waals surface area contributed by atoms with Crippen LogP contribution in [0.15, 0.2) is 59.1 Å². The second kappa shape index (κ2) is 9.25. The van der Waals surface area contributed by atoms with Crippen molar-refractivity contribution in [3.8, 4) is 6.07 Å². The molecule has 0 saturated carbocycles. The van der Waals surface area contributed by atoms with Gasteiger partial charge in [-0.2, -0.15) is 5.26 Å². The zero-order valence-electron chi connectivity index (χ0n) is 18.5. The highest BCUT2D eigenvalue weighted by Gasteiger charge is 2.32. The summed E-state index contributed by atoms with van der Waals surface area (Å²) in [6.45, 7) is 4.45. The zero-order valence-corrected chi connectivity index (χ0v) is 18.5. The van der Waals surface area contributed by atoms with Crippen molar-refractivity contribution in [2.24, 2.45) is 4.99 Å². The standard InChI is InChI=1S/C24H21N5O5/c1-14-12-28(13-15(2)34-14)24(31)20(11-25)21-18-5-3-4-6-19(18)22(26-21)27-23(30)16-7-9-17(10-8-16)29(32)33/h3-10,14-15H,12-13H2,1-2H3,(H,26,27,30). The number of rotatable bonds is 3. The van der Waals surface area contributed by atoms with Crippen LogP contribution in [-0.2, 0) is 9.53 Å². The van der Waals surface area contributed by atoms with Crippen LogP contribution in [0.2, 0.25) is 0 Å². The number of nitrogens with one attached hydrogen (secondary N) is 1. The molecule has 2 aromatic carbocycles. The number of aliphatic imine (C=N–C) groups is 1. The van der Waals surface area contributed by atoms with Gasteiger partial charge in [-0.3, -0.25) is 19.7 Å². The topological polar surface area (TPSA) is 138 Å². The van der Waals surface area contributed by atoms with Crippen LogP contribution < -0.4 is 5.32 Å². The summed E-state index contributed by atoms with van der Waals surface area (Å²) >= 11 is 0. The van der Waals surface area contributed by atoms with Crippen LogP contribution in [-0.4, -0.2) is 52.8 Å². The van der Waals surface area contributed by atoms with E-state index in [1.165, 1.54) is 24.3 Å². The number of ether oxygens (including phenoxy) is 1. The van der Waals surface area contributed by atoms with Gasteiger partial charge in [0.1, 0.15) is 17.5 Å². The smallest absolute Gasteiger partial charge is 0.269 e. The third-order valence-electron chi connectivity index (χ3n) is 5.50. The largest absolute Gasteiger partial charge is 0.372 e. The fourth-order valence-corrected chi connectivity index (χ4v) is 4.03. The molecular formula is C24H21N5O5. The molecule has 1 N–H and O–H groups in total. The average Bonchev–Trinajstić information content (AvgIpc) is 3.17. The highest BCUT2D eigenvalue weighted by molar-refractivity contribution is 6.20. The van der Waals surface area contributed by atoms with E-state index in [0.29, 0.717) is 24.2 Å². The molecule has 2 unspecified atom stereocenters. The van der Waals surface area contributed by atoms with E-state index in [2.05, 4.69) is 10.3 Å². The van der Waals surface area contributed by atoms with Crippen LogP contribution in [0, 0.1) is 21.4 Å². The minimum Gasteiger partial charge on any atom is -0.372 e. The molecule has 0 bridgehead atoms.